The molecule has 1 aromatic carbocycles. The fourth-order valence-corrected chi connectivity index (χ4v) is 4.09. The van der Waals surface area contributed by atoms with E-state index in [2.05, 4.69) is 33.7 Å². The van der Waals surface area contributed by atoms with Gasteiger partial charge in [0.2, 0.25) is 5.91 Å². The van der Waals surface area contributed by atoms with Crippen LogP contribution < -0.4 is 10.2 Å². The van der Waals surface area contributed by atoms with Gasteiger partial charge < -0.3 is 10.2 Å². The second-order valence-corrected chi connectivity index (χ2v) is 7.51. The first-order valence-electron chi connectivity index (χ1n) is 9.97. The Morgan fingerprint density at radius 2 is 2.21 bits per heavy atom. The second-order valence-electron chi connectivity index (χ2n) is 7.51. The lowest BCUT2D eigenvalue weighted by Crippen LogP contribution is -2.43. The molecule has 0 radical (unpaired) electrons. The lowest BCUT2D eigenvalue weighted by molar-refractivity contribution is -0.125. The maximum absolute atomic E-state index is 12.5. The highest BCUT2D eigenvalue weighted by Crippen LogP contribution is 2.31. The van der Waals surface area contributed by atoms with Crippen molar-refractivity contribution in [2.75, 3.05) is 24.5 Å². The number of aryl methyl sites for hydroxylation is 1. The molecule has 4 rings (SSSR count). The van der Waals surface area contributed by atoms with Gasteiger partial charge in [-0.15, -0.1) is 0 Å². The number of carbonyl (C=O) groups is 1. The molecule has 1 aliphatic heterocycles. The molecule has 1 saturated heterocycles. The Balaban J connectivity index is 1.80. The molecule has 1 unspecified atom stereocenters. The van der Waals surface area contributed by atoms with Crippen molar-refractivity contribution < 1.29 is 4.79 Å². The molecule has 28 heavy (non-hydrogen) atoms. The van der Waals surface area contributed by atoms with Gasteiger partial charge in [0.1, 0.15) is 11.9 Å². The van der Waals surface area contributed by atoms with Crippen molar-refractivity contribution in [3.8, 4) is 6.07 Å². The van der Waals surface area contributed by atoms with Crippen LogP contribution in [0.4, 0.5) is 5.82 Å². The van der Waals surface area contributed by atoms with Gasteiger partial charge in [0, 0.05) is 19.6 Å². The van der Waals surface area contributed by atoms with E-state index in [0.29, 0.717) is 17.8 Å². The molecule has 3 heterocycles. The van der Waals surface area contributed by atoms with Crippen LogP contribution in [-0.4, -0.2) is 34.9 Å². The Kier molecular flexibility index (Phi) is 4.91. The van der Waals surface area contributed by atoms with Crippen LogP contribution >= 0.6 is 0 Å². The van der Waals surface area contributed by atoms with E-state index < -0.39 is 0 Å². The molecule has 0 saturated carbocycles. The van der Waals surface area contributed by atoms with E-state index in [0.717, 1.165) is 54.8 Å². The van der Waals surface area contributed by atoms with Gasteiger partial charge in [-0.2, -0.15) is 5.26 Å². The number of imidazole rings is 1. The molecule has 1 aliphatic rings. The largest absolute Gasteiger partial charge is 0.357 e. The highest BCUT2D eigenvalue weighted by molar-refractivity contribution is 5.85. The first-order chi connectivity index (χ1) is 13.6. The van der Waals surface area contributed by atoms with Gasteiger partial charge in [0.15, 0.2) is 5.65 Å². The summed E-state index contributed by atoms with van der Waals surface area (Å²) in [4.78, 5) is 19.5. The minimum absolute atomic E-state index is 0.0129. The molecular weight excluding hydrogens is 350 g/mol. The van der Waals surface area contributed by atoms with Crippen LogP contribution in [0.25, 0.3) is 16.7 Å². The van der Waals surface area contributed by atoms with Gasteiger partial charge in [-0.25, -0.2) is 4.98 Å². The Labute approximate surface area is 164 Å². The van der Waals surface area contributed by atoms with Crippen LogP contribution in [0.5, 0.6) is 0 Å². The fourth-order valence-electron chi connectivity index (χ4n) is 4.09. The van der Waals surface area contributed by atoms with Crippen molar-refractivity contribution in [3.63, 3.8) is 0 Å². The summed E-state index contributed by atoms with van der Waals surface area (Å²) in [5.74, 6) is 1.14. The third-order valence-electron chi connectivity index (χ3n) is 5.53. The summed E-state index contributed by atoms with van der Waals surface area (Å²) < 4.78 is 2.08. The number of benzene rings is 1. The predicted octanol–water partition coefficient (Wildman–Crippen LogP) is 3.41. The highest BCUT2D eigenvalue weighted by atomic mass is 16.1. The van der Waals surface area contributed by atoms with E-state index in [1.807, 2.05) is 31.2 Å². The number of rotatable bonds is 4. The normalized spacial score (nSPS) is 17.0. The Hall–Kier alpha value is -3.07. The number of piperidine rings is 1. The van der Waals surface area contributed by atoms with Gasteiger partial charge in [-0.05, 0) is 49.9 Å². The molecule has 6 nitrogen and oxygen atoms in total. The van der Waals surface area contributed by atoms with E-state index in [9.17, 15) is 10.1 Å². The first kappa shape index (κ1) is 18.3. The van der Waals surface area contributed by atoms with Gasteiger partial charge in [0.25, 0.3) is 0 Å². The zero-order valence-corrected chi connectivity index (χ0v) is 16.4. The van der Waals surface area contributed by atoms with Crippen LogP contribution in [0.3, 0.4) is 0 Å². The number of nitriles is 1. The molecule has 144 valence electrons. The minimum atomic E-state index is -0.0129. The van der Waals surface area contributed by atoms with Crippen LogP contribution in [-0.2, 0) is 4.79 Å². The van der Waals surface area contributed by atoms with Crippen molar-refractivity contribution in [3.05, 3.63) is 41.5 Å². The molecule has 3 aromatic rings. The maximum atomic E-state index is 12.5. The average Bonchev–Trinajstić information content (AvgIpc) is 3.10. The van der Waals surface area contributed by atoms with Gasteiger partial charge in [-0.1, -0.05) is 19.1 Å². The number of fused-ring (bicyclic) bond motifs is 3. The van der Waals surface area contributed by atoms with Crippen LogP contribution in [0.15, 0.2) is 30.3 Å². The fraction of sp³-hybridized carbons (Fsp3) is 0.409. The van der Waals surface area contributed by atoms with Crippen molar-refractivity contribution in [1.82, 2.24) is 14.7 Å². The zero-order valence-electron chi connectivity index (χ0n) is 16.4. The molecule has 2 aromatic heterocycles. The van der Waals surface area contributed by atoms with Crippen molar-refractivity contribution in [1.29, 1.82) is 5.26 Å². The van der Waals surface area contributed by atoms with E-state index in [1.165, 1.54) is 0 Å². The Bertz CT molecular complexity index is 1080. The summed E-state index contributed by atoms with van der Waals surface area (Å²) in [5.41, 5.74) is 4.07. The monoisotopic (exact) mass is 375 g/mol. The number of carbonyl (C=O) groups excluding carboxylic acids is 1. The Morgan fingerprint density at radius 3 is 3.00 bits per heavy atom. The molecule has 1 atom stereocenters. The number of amides is 1. The van der Waals surface area contributed by atoms with Crippen LogP contribution in [0, 0.1) is 24.2 Å². The highest BCUT2D eigenvalue weighted by Gasteiger charge is 2.28. The van der Waals surface area contributed by atoms with Gasteiger partial charge in [-0.3, -0.25) is 9.20 Å². The Morgan fingerprint density at radius 1 is 1.39 bits per heavy atom. The molecule has 0 spiro atoms. The zero-order chi connectivity index (χ0) is 19.7. The number of pyridine rings is 1. The summed E-state index contributed by atoms with van der Waals surface area (Å²) in [5, 5.41) is 12.7. The van der Waals surface area contributed by atoms with Crippen molar-refractivity contribution in [2.24, 2.45) is 5.92 Å². The smallest absolute Gasteiger partial charge is 0.224 e. The number of nitrogens with one attached hydrogen (secondary N) is 1. The number of aromatic nitrogens is 2. The summed E-state index contributed by atoms with van der Waals surface area (Å²) in [7, 11) is 0. The number of anilines is 1. The summed E-state index contributed by atoms with van der Waals surface area (Å²) in [6.07, 6.45) is 2.82. The SMILES string of the molecule is CCCNC(=O)C1CCCN(c2cc(C)c(C#N)c3nc4ccccc4n23)C1. The molecule has 1 amide bonds. The summed E-state index contributed by atoms with van der Waals surface area (Å²) in [6, 6.07) is 12.3. The molecule has 6 heteroatoms. The number of hydrogen-bond donors (Lipinski definition) is 1. The maximum Gasteiger partial charge on any atom is 0.224 e. The molecular formula is C22H25N5O. The standard InChI is InChI=1S/C22H25N5O/c1-3-10-24-22(28)16-7-6-11-26(14-16)20-12-15(2)17(13-23)21-25-18-8-4-5-9-19(18)27(20)21/h4-5,8-9,12,16H,3,6-7,10-11,14H2,1-2H3,(H,24,28). The molecule has 0 bridgehead atoms. The van der Waals surface area contributed by atoms with E-state index in [-0.39, 0.29) is 11.8 Å². The second kappa shape index (κ2) is 7.51. The van der Waals surface area contributed by atoms with Gasteiger partial charge >= 0.3 is 0 Å². The third kappa shape index (κ3) is 3.07. The molecule has 1 fully saturated rings. The lowest BCUT2D eigenvalue weighted by atomic mass is 9.97. The minimum Gasteiger partial charge on any atom is -0.357 e. The number of para-hydroxylation sites is 2. The van der Waals surface area contributed by atoms with Crippen LogP contribution in [0.2, 0.25) is 0 Å². The lowest BCUT2D eigenvalue weighted by Gasteiger charge is -2.34. The molecule has 1 N–H and O–H groups in total. The first-order valence-corrected chi connectivity index (χ1v) is 9.97. The predicted molar refractivity (Wildman–Crippen MR) is 110 cm³/mol. The van der Waals surface area contributed by atoms with E-state index in [1.54, 1.807) is 0 Å². The number of nitrogens with zero attached hydrogens (tertiary/aromatic N) is 4. The topological polar surface area (TPSA) is 73.4 Å². The number of hydrogen-bond acceptors (Lipinski definition) is 4. The van der Waals surface area contributed by atoms with Gasteiger partial charge in [0.05, 0.1) is 22.5 Å². The summed E-state index contributed by atoms with van der Waals surface area (Å²) >= 11 is 0. The van der Waals surface area contributed by atoms with E-state index in [4.69, 9.17) is 4.98 Å². The third-order valence-corrected chi connectivity index (χ3v) is 5.53. The average molecular weight is 375 g/mol. The van der Waals surface area contributed by atoms with Crippen molar-refractivity contribution in [2.45, 2.75) is 33.1 Å². The van der Waals surface area contributed by atoms with Crippen molar-refractivity contribution >= 4 is 28.4 Å². The molecule has 0 aliphatic carbocycles. The quantitative estimate of drug-likeness (QED) is 0.758. The van der Waals surface area contributed by atoms with E-state index >= 15 is 0 Å². The van der Waals surface area contributed by atoms with Crippen LogP contribution in [0.1, 0.15) is 37.3 Å². The summed E-state index contributed by atoms with van der Waals surface area (Å²) in [6.45, 7) is 6.32.